The van der Waals surface area contributed by atoms with E-state index in [0.29, 0.717) is 61.1 Å². The topological polar surface area (TPSA) is 108 Å². The average molecular weight is 422 g/mol. The molecule has 0 saturated heterocycles. The number of nitrogens with zero attached hydrogens (tertiary/aromatic N) is 6. The van der Waals surface area contributed by atoms with Crippen LogP contribution in [0.5, 0.6) is 0 Å². The van der Waals surface area contributed by atoms with Crippen molar-refractivity contribution in [3.63, 3.8) is 0 Å². The number of aryl methyl sites for hydroxylation is 1. The summed E-state index contributed by atoms with van der Waals surface area (Å²) in [4.78, 5) is 38.9. The van der Waals surface area contributed by atoms with Gasteiger partial charge in [-0.15, -0.1) is 0 Å². The summed E-state index contributed by atoms with van der Waals surface area (Å²) in [6.45, 7) is 4.91. The third-order valence-electron chi connectivity index (χ3n) is 5.34. The molecule has 0 unspecified atom stereocenters. The van der Waals surface area contributed by atoms with E-state index in [1.54, 1.807) is 10.8 Å². The number of aromatic nitrogens is 5. The summed E-state index contributed by atoms with van der Waals surface area (Å²) in [6, 6.07) is 5.50. The van der Waals surface area contributed by atoms with Gasteiger partial charge >= 0.3 is 5.69 Å². The normalized spacial score (nSPS) is 12.8. The average Bonchev–Trinajstić information content (AvgIpc) is 3.40. The van der Waals surface area contributed by atoms with Gasteiger partial charge in [-0.1, -0.05) is 24.6 Å². The van der Waals surface area contributed by atoms with Crippen molar-refractivity contribution >= 4 is 11.5 Å². The second-order valence-electron chi connectivity index (χ2n) is 7.76. The molecule has 0 atom stereocenters. The van der Waals surface area contributed by atoms with Crippen molar-refractivity contribution in [3.05, 3.63) is 56.6 Å². The van der Waals surface area contributed by atoms with Crippen molar-refractivity contribution < 1.29 is 4.52 Å². The summed E-state index contributed by atoms with van der Waals surface area (Å²) in [5, 5.41) is 4.00. The fourth-order valence-corrected chi connectivity index (χ4v) is 3.72. The van der Waals surface area contributed by atoms with Gasteiger partial charge in [-0.05, 0) is 38.3 Å². The molecule has 9 nitrogen and oxygen atoms in total. The van der Waals surface area contributed by atoms with Gasteiger partial charge in [0.15, 0.2) is 5.82 Å². The molecule has 0 N–H and O–H groups in total. The Morgan fingerprint density at radius 1 is 1.10 bits per heavy atom. The van der Waals surface area contributed by atoms with E-state index in [2.05, 4.69) is 27.0 Å². The van der Waals surface area contributed by atoms with Crippen LogP contribution < -0.4 is 11.2 Å². The van der Waals surface area contributed by atoms with Crippen LogP contribution >= 0.6 is 0 Å². The highest BCUT2D eigenvalue weighted by Gasteiger charge is 2.23. The van der Waals surface area contributed by atoms with Crippen LogP contribution in [0.4, 0.5) is 5.82 Å². The number of rotatable bonds is 9. The molecule has 0 radical (unpaired) electrons. The lowest BCUT2D eigenvalue weighted by Gasteiger charge is -2.13. The summed E-state index contributed by atoms with van der Waals surface area (Å²) in [5.41, 5.74) is 1.65. The maximum absolute atomic E-state index is 13.0. The quantitative estimate of drug-likeness (QED) is 0.491. The van der Waals surface area contributed by atoms with Gasteiger partial charge in [-0.2, -0.15) is 4.98 Å². The predicted octanol–water partition coefficient (Wildman–Crippen LogP) is 2.93. The molecule has 0 bridgehead atoms. The number of hydrogen-bond acceptors (Lipinski definition) is 7. The molecule has 1 aliphatic rings. The van der Waals surface area contributed by atoms with Crippen LogP contribution in [0.1, 0.15) is 50.9 Å². The highest BCUT2D eigenvalue weighted by Crippen LogP contribution is 2.22. The fourth-order valence-electron chi connectivity index (χ4n) is 3.72. The molecule has 4 heterocycles. The highest BCUT2D eigenvalue weighted by molar-refractivity contribution is 5.91. The molecule has 9 heteroatoms. The minimum absolute atomic E-state index is 0.217. The molecule has 3 aromatic rings. The molecule has 0 fully saturated rings. The molecule has 4 rings (SSSR count). The van der Waals surface area contributed by atoms with Crippen LogP contribution in [0.3, 0.4) is 0 Å². The molecular formula is C22H26N6O3. The van der Waals surface area contributed by atoms with Crippen LogP contribution in [-0.2, 0) is 25.9 Å². The zero-order valence-electron chi connectivity index (χ0n) is 17.9. The maximum atomic E-state index is 13.0. The van der Waals surface area contributed by atoms with E-state index in [1.807, 2.05) is 25.1 Å². The van der Waals surface area contributed by atoms with Gasteiger partial charge in [-0.3, -0.25) is 18.9 Å². The molecule has 0 amide bonds. The third kappa shape index (κ3) is 4.40. The molecule has 0 aromatic carbocycles. The van der Waals surface area contributed by atoms with Crippen LogP contribution in [0, 0.1) is 0 Å². The molecule has 0 aliphatic carbocycles. The van der Waals surface area contributed by atoms with E-state index in [9.17, 15) is 9.59 Å². The van der Waals surface area contributed by atoms with Gasteiger partial charge in [0.1, 0.15) is 11.5 Å². The zero-order valence-corrected chi connectivity index (χ0v) is 17.9. The lowest BCUT2D eigenvalue weighted by atomic mass is 10.2. The van der Waals surface area contributed by atoms with Crippen molar-refractivity contribution in [1.29, 1.82) is 0 Å². The minimum Gasteiger partial charge on any atom is -0.332 e. The number of fused-ring (bicyclic) bond motifs is 1. The van der Waals surface area contributed by atoms with Gasteiger partial charge in [0.05, 0.1) is 5.56 Å². The van der Waals surface area contributed by atoms with Crippen LogP contribution in [0.2, 0.25) is 0 Å². The van der Waals surface area contributed by atoms with Crippen LogP contribution in [0.15, 0.2) is 43.5 Å². The van der Waals surface area contributed by atoms with E-state index < -0.39 is 0 Å². The number of hydrogen-bond donors (Lipinski definition) is 0. The molecule has 1 aliphatic heterocycles. The third-order valence-corrected chi connectivity index (χ3v) is 5.34. The van der Waals surface area contributed by atoms with Gasteiger partial charge < -0.3 is 4.52 Å². The monoisotopic (exact) mass is 422 g/mol. The summed E-state index contributed by atoms with van der Waals surface area (Å²) < 4.78 is 8.29. The number of aliphatic imine (C=N–C) groups is 1. The first-order valence-corrected chi connectivity index (χ1v) is 10.7. The Morgan fingerprint density at radius 3 is 2.71 bits per heavy atom. The van der Waals surface area contributed by atoms with Gasteiger partial charge in [-0.25, -0.2) is 9.79 Å². The van der Waals surface area contributed by atoms with Crippen molar-refractivity contribution in [3.8, 4) is 11.6 Å². The smallest absolute Gasteiger partial charge is 0.332 e. The van der Waals surface area contributed by atoms with E-state index in [4.69, 9.17) is 4.52 Å². The number of unbranched alkanes of at least 4 members (excludes halogenated alkanes) is 2. The lowest BCUT2D eigenvalue weighted by Crippen LogP contribution is -2.41. The fraction of sp³-hybridized carbons (Fsp3) is 0.455. The van der Waals surface area contributed by atoms with E-state index in [0.717, 1.165) is 25.0 Å². The maximum Gasteiger partial charge on any atom is 0.332 e. The van der Waals surface area contributed by atoms with Gasteiger partial charge in [0.25, 0.3) is 11.4 Å². The molecule has 3 aromatic heterocycles. The Kier molecular flexibility index (Phi) is 6.20. The Morgan fingerprint density at radius 2 is 1.94 bits per heavy atom. The Labute approximate surface area is 179 Å². The molecular weight excluding hydrogens is 396 g/mol. The van der Waals surface area contributed by atoms with E-state index in [-0.39, 0.29) is 11.2 Å². The molecule has 0 spiro atoms. The SMILES string of the molecule is CCCCn1c2c(c(=O)n(CCCCc3noc(-c4ccccn4)n3)c1=O)CC(C)=N2. The van der Waals surface area contributed by atoms with E-state index in [1.165, 1.54) is 4.57 Å². The summed E-state index contributed by atoms with van der Waals surface area (Å²) in [7, 11) is 0. The van der Waals surface area contributed by atoms with Crippen LogP contribution in [-0.4, -0.2) is 30.0 Å². The predicted molar refractivity (Wildman–Crippen MR) is 117 cm³/mol. The molecule has 31 heavy (non-hydrogen) atoms. The first kappa shape index (κ1) is 20.9. The van der Waals surface area contributed by atoms with Crippen LogP contribution in [0.25, 0.3) is 11.6 Å². The second kappa shape index (κ2) is 9.20. The van der Waals surface area contributed by atoms with Crippen molar-refractivity contribution in [2.45, 2.75) is 65.5 Å². The highest BCUT2D eigenvalue weighted by atomic mass is 16.5. The van der Waals surface area contributed by atoms with E-state index >= 15 is 0 Å². The Hall–Kier alpha value is -3.36. The number of pyridine rings is 1. The first-order valence-electron chi connectivity index (χ1n) is 10.7. The van der Waals surface area contributed by atoms with Crippen molar-refractivity contribution in [2.75, 3.05) is 0 Å². The van der Waals surface area contributed by atoms with Crippen molar-refractivity contribution in [2.24, 2.45) is 4.99 Å². The Bertz CT molecular complexity index is 1210. The van der Waals surface area contributed by atoms with Gasteiger partial charge in [0.2, 0.25) is 0 Å². The Balaban J connectivity index is 1.44. The van der Waals surface area contributed by atoms with Crippen molar-refractivity contribution in [1.82, 2.24) is 24.3 Å². The molecule has 0 saturated carbocycles. The largest absolute Gasteiger partial charge is 0.332 e. The summed E-state index contributed by atoms with van der Waals surface area (Å²) >= 11 is 0. The summed E-state index contributed by atoms with van der Waals surface area (Å²) in [5.74, 6) is 1.53. The lowest BCUT2D eigenvalue weighted by molar-refractivity contribution is 0.419. The molecule has 162 valence electrons. The minimum atomic E-state index is -0.271. The summed E-state index contributed by atoms with van der Waals surface area (Å²) in [6.07, 6.45) is 6.02. The second-order valence-corrected chi connectivity index (χ2v) is 7.76. The first-order chi connectivity index (χ1) is 15.1. The zero-order chi connectivity index (χ0) is 21.8. The van der Waals surface area contributed by atoms with Gasteiger partial charge in [0, 0.05) is 37.8 Å². The standard InChI is InChI=1S/C22H26N6O3/c1-3-4-12-27-19-16(14-15(2)24-19)21(29)28(22(27)30)13-8-6-10-18-25-20(31-26-18)17-9-5-7-11-23-17/h5,7,9,11H,3-4,6,8,10,12-14H2,1-2H3.